The van der Waals surface area contributed by atoms with Crippen molar-refractivity contribution >= 4 is 5.97 Å². The lowest BCUT2D eigenvalue weighted by Crippen LogP contribution is -2.71. The van der Waals surface area contributed by atoms with Crippen LogP contribution < -0.4 is 0 Å². The van der Waals surface area contributed by atoms with Gasteiger partial charge in [0.2, 0.25) is 0 Å². The number of allylic oxidation sites excluding steroid dienone is 1. The molecular weight excluding hydrogens is 424 g/mol. The molecule has 3 saturated carbocycles. The minimum absolute atomic E-state index is 0.0160. The van der Waals surface area contributed by atoms with Crippen LogP contribution in [0.1, 0.15) is 113 Å². The molecule has 192 valence electrons. The molecule has 0 unspecified atom stereocenters. The first-order valence-corrected chi connectivity index (χ1v) is 14.2. The SMILES string of the molecule is CC(=O)O[C@@H]1CC[C@]2(C)C3=CC[C@]4(C)[C@@H]([C@H](C)CC[C@H](C)C(C)C)CC[C@@H]4[C@@]34CC[C@]2(C1)OO4. The zero-order valence-electron chi connectivity index (χ0n) is 22.7. The van der Waals surface area contributed by atoms with Crippen molar-refractivity contribution in [2.45, 2.75) is 130 Å². The molecule has 2 spiro atoms. The molecule has 4 nitrogen and oxygen atoms in total. The van der Waals surface area contributed by atoms with Crippen LogP contribution in [-0.4, -0.2) is 23.3 Å². The Kier molecular flexibility index (Phi) is 6.08. The van der Waals surface area contributed by atoms with E-state index in [-0.39, 0.29) is 34.1 Å². The van der Waals surface area contributed by atoms with Crippen LogP contribution in [0.25, 0.3) is 0 Å². The lowest BCUT2D eigenvalue weighted by molar-refractivity contribution is -0.494. The van der Waals surface area contributed by atoms with Crippen LogP contribution >= 0.6 is 0 Å². The Hall–Kier alpha value is -0.870. The molecule has 0 aromatic heterocycles. The van der Waals surface area contributed by atoms with Gasteiger partial charge in [-0.05, 0) is 79.6 Å². The number of hydrogen-bond donors (Lipinski definition) is 0. The van der Waals surface area contributed by atoms with E-state index in [2.05, 4.69) is 47.6 Å². The van der Waals surface area contributed by atoms with Gasteiger partial charge in [-0.15, -0.1) is 0 Å². The number of rotatable bonds is 6. The molecule has 2 heterocycles. The fraction of sp³-hybridized carbons (Fsp3) is 0.900. The molecule has 0 radical (unpaired) electrons. The standard InChI is InChI=1S/C30H48O4/c1-19(2)20(3)8-9-21(4)24-10-11-25-27(24,6)14-13-26-28(7)15-12-23(32-22(5)31)18-29(28)16-17-30(25,26)34-33-29/h13,19-21,23-25H,8-12,14-18H2,1-7H3/t20-,21+,23+,24+,25-,27+,28+,29+,30-/m0/s1. The third-order valence-electron chi connectivity index (χ3n) is 11.8. The third-order valence-corrected chi connectivity index (χ3v) is 11.8. The molecule has 0 aromatic carbocycles. The Bertz CT molecular complexity index is 837. The zero-order chi connectivity index (χ0) is 24.5. The smallest absolute Gasteiger partial charge is 0.302 e. The largest absolute Gasteiger partial charge is 0.462 e. The van der Waals surface area contributed by atoms with Crippen molar-refractivity contribution in [2.75, 3.05) is 0 Å². The van der Waals surface area contributed by atoms with Crippen LogP contribution in [0.5, 0.6) is 0 Å². The monoisotopic (exact) mass is 472 g/mol. The Morgan fingerprint density at radius 3 is 2.47 bits per heavy atom. The maximum atomic E-state index is 11.6. The molecule has 2 aliphatic heterocycles. The van der Waals surface area contributed by atoms with Crippen LogP contribution in [0.2, 0.25) is 0 Å². The summed E-state index contributed by atoms with van der Waals surface area (Å²) in [5, 5.41) is 0. The summed E-state index contributed by atoms with van der Waals surface area (Å²) >= 11 is 0. The average Bonchev–Trinajstić information content (AvgIpc) is 3.14. The van der Waals surface area contributed by atoms with Crippen molar-refractivity contribution < 1.29 is 19.3 Å². The van der Waals surface area contributed by atoms with E-state index in [9.17, 15) is 4.79 Å². The van der Waals surface area contributed by atoms with E-state index in [1.54, 1.807) is 0 Å². The molecule has 9 atom stereocenters. The number of fused-ring (bicyclic) bond motifs is 3. The van der Waals surface area contributed by atoms with Gasteiger partial charge in [-0.25, -0.2) is 9.78 Å². The predicted molar refractivity (Wildman–Crippen MR) is 134 cm³/mol. The number of hydrogen-bond acceptors (Lipinski definition) is 4. The lowest BCUT2D eigenvalue weighted by Gasteiger charge is -2.69. The highest BCUT2D eigenvalue weighted by atomic mass is 17.2. The van der Waals surface area contributed by atoms with Gasteiger partial charge < -0.3 is 4.74 Å². The van der Waals surface area contributed by atoms with Crippen LogP contribution in [0, 0.1) is 40.4 Å². The van der Waals surface area contributed by atoms with Gasteiger partial charge in [0.1, 0.15) is 17.3 Å². The van der Waals surface area contributed by atoms with Crippen molar-refractivity contribution in [3.05, 3.63) is 11.6 Å². The lowest BCUT2D eigenvalue weighted by atomic mass is 9.44. The molecule has 0 aromatic rings. The van der Waals surface area contributed by atoms with Gasteiger partial charge in [-0.3, -0.25) is 4.79 Å². The molecule has 6 aliphatic rings. The van der Waals surface area contributed by atoms with E-state index in [1.807, 2.05) is 0 Å². The van der Waals surface area contributed by atoms with E-state index >= 15 is 0 Å². The molecule has 0 amide bonds. The van der Waals surface area contributed by atoms with Gasteiger partial charge in [-0.1, -0.05) is 60.5 Å². The summed E-state index contributed by atoms with van der Waals surface area (Å²) in [5.41, 5.74) is 1.19. The highest BCUT2D eigenvalue weighted by Gasteiger charge is 2.73. The molecule has 4 heteroatoms. The second-order valence-electron chi connectivity index (χ2n) is 13.7. The summed E-state index contributed by atoms with van der Waals surface area (Å²) < 4.78 is 5.65. The number of carbonyl (C=O) groups excluding carboxylic acids is 1. The quantitative estimate of drug-likeness (QED) is 0.229. The van der Waals surface area contributed by atoms with Crippen molar-refractivity contribution in [2.24, 2.45) is 40.4 Å². The summed E-state index contributed by atoms with van der Waals surface area (Å²) in [6.07, 6.45) is 13.7. The summed E-state index contributed by atoms with van der Waals surface area (Å²) in [5.74, 6) is 3.43. The first-order valence-electron chi connectivity index (χ1n) is 14.2. The minimum atomic E-state index is -0.356. The third kappa shape index (κ3) is 3.40. The average molecular weight is 473 g/mol. The van der Waals surface area contributed by atoms with Crippen molar-refractivity contribution in [3.8, 4) is 0 Å². The molecule has 6 rings (SSSR count). The first kappa shape index (κ1) is 24.8. The van der Waals surface area contributed by atoms with Gasteiger partial charge in [0, 0.05) is 24.7 Å². The Morgan fingerprint density at radius 1 is 1.06 bits per heavy atom. The highest BCUT2D eigenvalue weighted by Crippen LogP contribution is 2.73. The van der Waals surface area contributed by atoms with Gasteiger partial charge in [-0.2, -0.15) is 0 Å². The van der Waals surface area contributed by atoms with Crippen LogP contribution in [0.15, 0.2) is 11.6 Å². The van der Waals surface area contributed by atoms with Crippen LogP contribution in [0.3, 0.4) is 0 Å². The summed E-state index contributed by atoms with van der Waals surface area (Å²) in [6, 6.07) is 0. The molecule has 0 N–H and O–H groups in total. The van der Waals surface area contributed by atoms with E-state index in [0.717, 1.165) is 55.8 Å². The Morgan fingerprint density at radius 2 is 1.82 bits per heavy atom. The molecule has 34 heavy (non-hydrogen) atoms. The molecule has 2 saturated heterocycles. The predicted octanol–water partition coefficient (Wildman–Crippen LogP) is 7.41. The maximum absolute atomic E-state index is 11.6. The van der Waals surface area contributed by atoms with E-state index in [0.29, 0.717) is 5.92 Å². The van der Waals surface area contributed by atoms with Gasteiger partial charge >= 0.3 is 5.97 Å². The van der Waals surface area contributed by atoms with Gasteiger partial charge in [0.15, 0.2) is 0 Å². The maximum Gasteiger partial charge on any atom is 0.302 e. The van der Waals surface area contributed by atoms with Crippen LogP contribution in [0.4, 0.5) is 0 Å². The normalized spacial score (nSPS) is 46.8. The zero-order valence-corrected chi connectivity index (χ0v) is 22.7. The summed E-state index contributed by atoms with van der Waals surface area (Å²) in [6.45, 7) is 16.2. The molecular formula is C30H48O4. The van der Waals surface area contributed by atoms with Crippen molar-refractivity contribution in [1.82, 2.24) is 0 Å². The fourth-order valence-electron chi connectivity index (χ4n) is 9.32. The second kappa shape index (κ2) is 8.33. The summed E-state index contributed by atoms with van der Waals surface area (Å²) in [7, 11) is 0. The van der Waals surface area contributed by atoms with Gasteiger partial charge in [0.05, 0.1) is 0 Å². The van der Waals surface area contributed by atoms with E-state index < -0.39 is 0 Å². The molecule has 2 bridgehead atoms. The van der Waals surface area contributed by atoms with Crippen LogP contribution in [-0.2, 0) is 19.3 Å². The van der Waals surface area contributed by atoms with Crippen molar-refractivity contribution in [3.63, 3.8) is 0 Å². The number of esters is 1. The fourth-order valence-corrected chi connectivity index (χ4v) is 9.32. The Balaban J connectivity index is 1.40. The number of ether oxygens (including phenoxy) is 1. The first-order chi connectivity index (χ1) is 16.0. The molecule has 4 aliphatic carbocycles. The van der Waals surface area contributed by atoms with Crippen molar-refractivity contribution in [1.29, 1.82) is 0 Å². The topological polar surface area (TPSA) is 44.8 Å². The van der Waals surface area contributed by atoms with E-state index in [4.69, 9.17) is 14.5 Å². The molecule has 5 fully saturated rings. The van der Waals surface area contributed by atoms with E-state index in [1.165, 1.54) is 44.6 Å². The summed E-state index contributed by atoms with van der Waals surface area (Å²) in [4.78, 5) is 24.7. The van der Waals surface area contributed by atoms with Gasteiger partial charge in [0.25, 0.3) is 0 Å². The Labute approximate surface area is 207 Å². The number of carbonyl (C=O) groups is 1. The minimum Gasteiger partial charge on any atom is -0.462 e. The second-order valence-corrected chi connectivity index (χ2v) is 13.7. The highest BCUT2D eigenvalue weighted by molar-refractivity contribution is 5.66.